The van der Waals surface area contributed by atoms with E-state index in [-0.39, 0.29) is 11.9 Å². The summed E-state index contributed by atoms with van der Waals surface area (Å²) in [5, 5.41) is 3.52. The van der Waals surface area contributed by atoms with Gasteiger partial charge in [-0.1, -0.05) is 34.1 Å². The largest absolute Gasteiger partial charge is 0.378 e. The molecule has 1 unspecified atom stereocenters. The molecule has 0 fully saturated rings. The Morgan fingerprint density at radius 3 is 2.67 bits per heavy atom. The summed E-state index contributed by atoms with van der Waals surface area (Å²) >= 11 is 3.58. The maximum Gasteiger partial charge on any atom is 0.123 e. The third-order valence-electron chi connectivity index (χ3n) is 3.40. The van der Waals surface area contributed by atoms with Gasteiger partial charge in [0.05, 0.1) is 6.04 Å². The minimum atomic E-state index is -0.183. The van der Waals surface area contributed by atoms with E-state index < -0.39 is 0 Å². The predicted octanol–water partition coefficient (Wildman–Crippen LogP) is 4.69. The molecule has 0 bridgehead atoms. The minimum absolute atomic E-state index is 0.183. The Labute approximate surface area is 114 Å². The third-order valence-corrected chi connectivity index (χ3v) is 4.15. The second-order valence-corrected chi connectivity index (χ2v) is 5.41. The average molecular weight is 306 g/mol. The molecule has 0 saturated heterocycles. The van der Waals surface area contributed by atoms with Crippen LogP contribution < -0.4 is 5.32 Å². The topological polar surface area (TPSA) is 12.0 Å². The Morgan fingerprint density at radius 1 is 1.11 bits per heavy atom. The van der Waals surface area contributed by atoms with Gasteiger partial charge in [0.25, 0.3) is 0 Å². The molecule has 0 saturated carbocycles. The summed E-state index contributed by atoms with van der Waals surface area (Å²) in [6, 6.07) is 13.2. The maximum atomic E-state index is 12.9. The number of anilines is 1. The van der Waals surface area contributed by atoms with Crippen LogP contribution in [0.3, 0.4) is 0 Å². The van der Waals surface area contributed by atoms with Crippen molar-refractivity contribution in [2.75, 3.05) is 5.32 Å². The van der Waals surface area contributed by atoms with E-state index in [4.69, 9.17) is 0 Å². The van der Waals surface area contributed by atoms with E-state index in [1.807, 2.05) is 18.2 Å². The lowest BCUT2D eigenvalue weighted by atomic mass is 9.93. The van der Waals surface area contributed by atoms with E-state index in [2.05, 4.69) is 33.4 Å². The van der Waals surface area contributed by atoms with Gasteiger partial charge in [-0.25, -0.2) is 4.39 Å². The first-order valence-corrected chi connectivity index (χ1v) is 6.83. The van der Waals surface area contributed by atoms with Crippen molar-refractivity contribution in [1.29, 1.82) is 0 Å². The van der Waals surface area contributed by atoms with E-state index in [1.54, 1.807) is 0 Å². The predicted molar refractivity (Wildman–Crippen MR) is 75.2 cm³/mol. The van der Waals surface area contributed by atoms with Gasteiger partial charge in [0.2, 0.25) is 0 Å². The smallest absolute Gasteiger partial charge is 0.123 e. The highest BCUT2D eigenvalue weighted by atomic mass is 79.9. The lowest BCUT2D eigenvalue weighted by Gasteiger charge is -2.28. The van der Waals surface area contributed by atoms with Crippen LogP contribution in [-0.2, 0) is 6.42 Å². The van der Waals surface area contributed by atoms with E-state index in [9.17, 15) is 4.39 Å². The number of nitrogens with one attached hydrogen (secondary N) is 1. The van der Waals surface area contributed by atoms with Crippen molar-refractivity contribution in [2.45, 2.75) is 18.9 Å². The molecular formula is C15H13BrFN. The van der Waals surface area contributed by atoms with E-state index in [0.717, 1.165) is 22.9 Å². The number of hydrogen-bond acceptors (Lipinski definition) is 1. The van der Waals surface area contributed by atoms with Crippen LogP contribution in [0, 0.1) is 5.82 Å². The van der Waals surface area contributed by atoms with Crippen LogP contribution in [0.2, 0.25) is 0 Å². The van der Waals surface area contributed by atoms with Gasteiger partial charge in [-0.2, -0.15) is 0 Å². The second kappa shape index (κ2) is 4.73. The van der Waals surface area contributed by atoms with E-state index in [0.29, 0.717) is 0 Å². The van der Waals surface area contributed by atoms with Crippen LogP contribution >= 0.6 is 15.9 Å². The van der Waals surface area contributed by atoms with Gasteiger partial charge >= 0.3 is 0 Å². The molecular weight excluding hydrogens is 293 g/mol. The molecule has 0 spiro atoms. The Hall–Kier alpha value is -1.35. The number of benzene rings is 2. The zero-order valence-corrected chi connectivity index (χ0v) is 11.4. The van der Waals surface area contributed by atoms with Crippen molar-refractivity contribution in [3.05, 3.63) is 63.9 Å². The highest BCUT2D eigenvalue weighted by Gasteiger charge is 2.20. The summed E-state index contributed by atoms with van der Waals surface area (Å²) < 4.78 is 14.1. The molecule has 2 aromatic rings. The van der Waals surface area contributed by atoms with Gasteiger partial charge < -0.3 is 5.32 Å². The fraction of sp³-hybridized carbons (Fsp3) is 0.200. The fourth-order valence-electron chi connectivity index (χ4n) is 2.44. The molecule has 3 heteroatoms. The van der Waals surface area contributed by atoms with Crippen molar-refractivity contribution >= 4 is 21.6 Å². The molecule has 0 aromatic heterocycles. The standard InChI is InChI=1S/C15H13BrFN/c16-13-2-1-3-15-12(13)8-9-14(18-15)10-4-6-11(17)7-5-10/h1-7,14,18H,8-9H2. The zero-order valence-electron chi connectivity index (χ0n) is 9.79. The number of fused-ring (bicyclic) bond motifs is 1. The van der Waals surface area contributed by atoms with Crippen LogP contribution in [0.25, 0.3) is 0 Å². The molecule has 1 nitrogen and oxygen atoms in total. The Balaban J connectivity index is 1.89. The molecule has 1 atom stereocenters. The molecule has 2 aromatic carbocycles. The summed E-state index contributed by atoms with van der Waals surface area (Å²) in [6.45, 7) is 0. The first-order valence-electron chi connectivity index (χ1n) is 6.03. The first kappa shape index (κ1) is 11.7. The van der Waals surface area contributed by atoms with Crippen LogP contribution in [-0.4, -0.2) is 0 Å². The van der Waals surface area contributed by atoms with Gasteiger partial charge in [-0.15, -0.1) is 0 Å². The molecule has 1 N–H and O–H groups in total. The van der Waals surface area contributed by atoms with Crippen LogP contribution in [0.1, 0.15) is 23.6 Å². The quantitative estimate of drug-likeness (QED) is 0.806. The lowest BCUT2D eigenvalue weighted by molar-refractivity contribution is 0.622. The van der Waals surface area contributed by atoms with Gasteiger partial charge in [0.15, 0.2) is 0 Å². The molecule has 0 amide bonds. The van der Waals surface area contributed by atoms with Crippen LogP contribution in [0.4, 0.5) is 10.1 Å². The van der Waals surface area contributed by atoms with Crippen molar-refractivity contribution < 1.29 is 4.39 Å². The number of rotatable bonds is 1. The van der Waals surface area contributed by atoms with E-state index >= 15 is 0 Å². The van der Waals surface area contributed by atoms with Crippen molar-refractivity contribution in [3.8, 4) is 0 Å². The van der Waals surface area contributed by atoms with Crippen molar-refractivity contribution in [2.24, 2.45) is 0 Å². The molecule has 3 rings (SSSR count). The second-order valence-electron chi connectivity index (χ2n) is 4.55. The Morgan fingerprint density at radius 2 is 1.89 bits per heavy atom. The monoisotopic (exact) mass is 305 g/mol. The molecule has 92 valence electrons. The first-order chi connectivity index (χ1) is 8.74. The van der Waals surface area contributed by atoms with Gasteiger partial charge in [-0.05, 0) is 48.2 Å². The highest BCUT2D eigenvalue weighted by Crippen LogP contribution is 2.36. The van der Waals surface area contributed by atoms with Crippen molar-refractivity contribution in [1.82, 2.24) is 0 Å². The van der Waals surface area contributed by atoms with Crippen molar-refractivity contribution in [3.63, 3.8) is 0 Å². The molecule has 1 aliphatic heterocycles. The summed E-state index contributed by atoms with van der Waals surface area (Å²) in [6.07, 6.45) is 2.06. The van der Waals surface area contributed by atoms with Gasteiger partial charge in [-0.3, -0.25) is 0 Å². The molecule has 18 heavy (non-hydrogen) atoms. The minimum Gasteiger partial charge on any atom is -0.378 e. The summed E-state index contributed by atoms with van der Waals surface area (Å²) in [5.74, 6) is -0.183. The number of hydrogen-bond donors (Lipinski definition) is 1. The normalized spacial score (nSPS) is 18.0. The fourth-order valence-corrected chi connectivity index (χ4v) is 3.01. The molecule has 1 heterocycles. The Kier molecular flexibility index (Phi) is 3.08. The molecule has 0 radical (unpaired) electrons. The third kappa shape index (κ3) is 2.15. The van der Waals surface area contributed by atoms with Gasteiger partial charge in [0, 0.05) is 10.2 Å². The van der Waals surface area contributed by atoms with E-state index in [1.165, 1.54) is 23.4 Å². The summed E-state index contributed by atoms with van der Waals surface area (Å²) in [5.41, 5.74) is 3.64. The zero-order chi connectivity index (χ0) is 12.5. The highest BCUT2D eigenvalue weighted by molar-refractivity contribution is 9.10. The Bertz CT molecular complexity index is 565. The van der Waals surface area contributed by atoms with Gasteiger partial charge in [0.1, 0.15) is 5.82 Å². The average Bonchev–Trinajstić information content (AvgIpc) is 2.39. The molecule has 0 aliphatic carbocycles. The van der Waals surface area contributed by atoms with Crippen LogP contribution in [0.5, 0.6) is 0 Å². The maximum absolute atomic E-state index is 12.9. The van der Waals surface area contributed by atoms with Crippen LogP contribution in [0.15, 0.2) is 46.9 Å². The lowest BCUT2D eigenvalue weighted by Crippen LogP contribution is -2.18. The molecule has 1 aliphatic rings. The summed E-state index contributed by atoms with van der Waals surface area (Å²) in [4.78, 5) is 0. The number of halogens is 2. The SMILES string of the molecule is Fc1ccc(C2CCc3c(Br)cccc3N2)cc1. The summed E-state index contributed by atoms with van der Waals surface area (Å²) in [7, 11) is 0.